The summed E-state index contributed by atoms with van der Waals surface area (Å²) in [5.41, 5.74) is 8.99. The number of rotatable bonds is 7. The smallest absolute Gasteiger partial charge is 0.280 e. The van der Waals surface area contributed by atoms with Crippen LogP contribution in [0.4, 0.5) is 5.95 Å². The molecular formula is C27H31N5O2Si. The van der Waals surface area contributed by atoms with Gasteiger partial charge in [0.15, 0.2) is 11.2 Å². The van der Waals surface area contributed by atoms with E-state index in [1.54, 1.807) is 6.33 Å². The first kappa shape index (κ1) is 23.3. The SMILES string of the molecule is C=C1[C@H](COCc2ccccc2)[C@@H]([Si](C)(C)c2ccccc2)C[C@@H]1n1cnc2c(=O)[nH]c(N)nc21. The first-order chi connectivity index (χ1) is 16.9. The Hall–Kier alpha value is -3.49. The topological polar surface area (TPSA) is 98.8 Å². The normalized spacial score (nSPS) is 20.5. The molecule has 0 aliphatic heterocycles. The van der Waals surface area contributed by atoms with E-state index >= 15 is 0 Å². The first-order valence-electron chi connectivity index (χ1n) is 11.9. The molecule has 1 fully saturated rings. The minimum Gasteiger partial charge on any atom is -0.376 e. The second kappa shape index (κ2) is 9.28. The highest BCUT2D eigenvalue weighted by Crippen LogP contribution is 2.51. The van der Waals surface area contributed by atoms with E-state index in [0.29, 0.717) is 29.9 Å². The van der Waals surface area contributed by atoms with Crippen molar-refractivity contribution in [2.75, 3.05) is 12.3 Å². The van der Waals surface area contributed by atoms with Gasteiger partial charge >= 0.3 is 0 Å². The molecule has 1 saturated carbocycles. The number of nitrogen functional groups attached to an aromatic ring is 1. The van der Waals surface area contributed by atoms with Crippen LogP contribution in [-0.2, 0) is 11.3 Å². The lowest BCUT2D eigenvalue weighted by molar-refractivity contribution is 0.0976. The molecular weight excluding hydrogens is 454 g/mol. The molecule has 8 heteroatoms. The number of hydrogen-bond acceptors (Lipinski definition) is 5. The minimum atomic E-state index is -1.91. The number of H-pyrrole nitrogens is 1. The van der Waals surface area contributed by atoms with Crippen molar-refractivity contribution in [2.24, 2.45) is 5.92 Å². The summed E-state index contributed by atoms with van der Waals surface area (Å²) in [6.45, 7) is 10.6. The fraction of sp³-hybridized carbons (Fsp3) is 0.296. The lowest BCUT2D eigenvalue weighted by atomic mass is 10.0. The predicted molar refractivity (Wildman–Crippen MR) is 142 cm³/mol. The minimum absolute atomic E-state index is 0.0282. The van der Waals surface area contributed by atoms with Crippen LogP contribution in [0.1, 0.15) is 18.0 Å². The average molecular weight is 486 g/mol. The first-order valence-corrected chi connectivity index (χ1v) is 15.0. The Morgan fingerprint density at radius 1 is 1.14 bits per heavy atom. The summed E-state index contributed by atoms with van der Waals surface area (Å²) in [7, 11) is -1.91. The van der Waals surface area contributed by atoms with Crippen LogP contribution in [0.25, 0.3) is 11.2 Å². The van der Waals surface area contributed by atoms with Gasteiger partial charge in [-0.2, -0.15) is 4.98 Å². The molecule has 4 aromatic rings. The summed E-state index contributed by atoms with van der Waals surface area (Å²) in [4.78, 5) is 23.7. The maximum Gasteiger partial charge on any atom is 0.280 e. The van der Waals surface area contributed by atoms with Crippen molar-refractivity contribution < 1.29 is 4.74 Å². The van der Waals surface area contributed by atoms with Crippen LogP contribution in [0.5, 0.6) is 0 Å². The predicted octanol–water partition coefficient (Wildman–Crippen LogP) is 4.02. The molecule has 1 aliphatic rings. The van der Waals surface area contributed by atoms with Gasteiger partial charge in [0.25, 0.3) is 5.56 Å². The standard InChI is InChI=1S/C27H31N5O2Si/c1-18-21(16-34-15-19-10-6-4-7-11-19)23(35(2,3)20-12-8-5-9-13-20)14-22(18)32-17-29-24-25(32)30-27(28)31-26(24)33/h4-13,17,21-23H,1,14-16H2,2-3H3,(H3,28,30,31,33)/t21-,22-,23-/m0/s1. The number of nitrogens with one attached hydrogen (secondary N) is 1. The largest absolute Gasteiger partial charge is 0.376 e. The second-order valence-corrected chi connectivity index (χ2v) is 14.7. The lowest BCUT2D eigenvalue weighted by Gasteiger charge is -2.34. The summed E-state index contributed by atoms with van der Waals surface area (Å²) in [6.07, 6.45) is 2.59. The molecule has 3 atom stereocenters. The Labute approximate surface area is 205 Å². The van der Waals surface area contributed by atoms with Crippen molar-refractivity contribution in [2.45, 2.75) is 37.7 Å². The zero-order valence-corrected chi connectivity index (χ0v) is 21.1. The summed E-state index contributed by atoms with van der Waals surface area (Å²) in [5, 5.41) is 1.42. The van der Waals surface area contributed by atoms with E-state index in [0.717, 1.165) is 17.6 Å². The van der Waals surface area contributed by atoms with E-state index < -0.39 is 8.07 Å². The van der Waals surface area contributed by atoms with Crippen LogP contribution in [0, 0.1) is 5.92 Å². The molecule has 7 nitrogen and oxygen atoms in total. The molecule has 0 spiro atoms. The van der Waals surface area contributed by atoms with Gasteiger partial charge in [0.1, 0.15) is 0 Å². The Morgan fingerprint density at radius 3 is 2.54 bits per heavy atom. The molecule has 0 amide bonds. The van der Waals surface area contributed by atoms with Crippen molar-refractivity contribution in [3.05, 3.63) is 95.1 Å². The van der Waals surface area contributed by atoms with E-state index in [1.807, 2.05) is 22.8 Å². The third-order valence-corrected chi connectivity index (χ3v) is 11.8. The molecule has 2 aromatic carbocycles. The maximum absolute atomic E-state index is 12.4. The molecule has 3 N–H and O–H groups in total. The number of aromatic amines is 1. The van der Waals surface area contributed by atoms with Crippen LogP contribution in [-0.4, -0.2) is 34.2 Å². The highest BCUT2D eigenvalue weighted by Gasteiger charge is 2.48. The number of ether oxygens (including phenoxy) is 1. The van der Waals surface area contributed by atoms with Crippen molar-refractivity contribution in [1.29, 1.82) is 0 Å². The molecule has 0 saturated heterocycles. The van der Waals surface area contributed by atoms with E-state index in [2.05, 4.69) is 77.1 Å². The second-order valence-electron chi connectivity index (χ2n) is 9.90. The van der Waals surface area contributed by atoms with Gasteiger partial charge in [0.05, 0.1) is 33.7 Å². The van der Waals surface area contributed by atoms with E-state index in [9.17, 15) is 4.79 Å². The van der Waals surface area contributed by atoms with Crippen LogP contribution < -0.4 is 16.5 Å². The van der Waals surface area contributed by atoms with Crippen LogP contribution in [0.3, 0.4) is 0 Å². The summed E-state index contributed by atoms with van der Waals surface area (Å²) in [6, 6.07) is 21.0. The number of hydrogen-bond donors (Lipinski definition) is 2. The third kappa shape index (κ3) is 4.35. The molecule has 180 valence electrons. The van der Waals surface area contributed by atoms with Crippen molar-refractivity contribution in [3.8, 4) is 0 Å². The van der Waals surface area contributed by atoms with Gasteiger partial charge in [-0.05, 0) is 23.1 Å². The molecule has 2 aromatic heterocycles. The summed E-state index contributed by atoms with van der Waals surface area (Å²) >= 11 is 0. The number of nitrogens with zero attached hydrogens (tertiary/aromatic N) is 3. The molecule has 0 unspecified atom stereocenters. The van der Waals surface area contributed by atoms with Gasteiger partial charge in [-0.25, -0.2) is 4.98 Å². The van der Waals surface area contributed by atoms with Crippen LogP contribution in [0.15, 0.2) is 83.9 Å². The summed E-state index contributed by atoms with van der Waals surface area (Å²) < 4.78 is 8.25. The number of fused-ring (bicyclic) bond motifs is 1. The highest BCUT2D eigenvalue weighted by molar-refractivity contribution is 6.91. The molecule has 5 rings (SSSR count). The number of imidazole rings is 1. The van der Waals surface area contributed by atoms with Crippen LogP contribution >= 0.6 is 0 Å². The van der Waals surface area contributed by atoms with E-state index in [1.165, 1.54) is 5.19 Å². The maximum atomic E-state index is 12.4. The van der Waals surface area contributed by atoms with Gasteiger partial charge in [0, 0.05) is 5.92 Å². The zero-order valence-electron chi connectivity index (χ0n) is 20.1. The van der Waals surface area contributed by atoms with E-state index in [4.69, 9.17) is 10.5 Å². The Balaban J connectivity index is 1.49. The summed E-state index contributed by atoms with van der Waals surface area (Å²) in [5.74, 6) is 0.272. The Kier molecular flexibility index (Phi) is 6.17. The average Bonchev–Trinajstić information content (AvgIpc) is 3.42. The quantitative estimate of drug-likeness (QED) is 0.304. The highest BCUT2D eigenvalue weighted by atomic mass is 28.3. The zero-order chi connectivity index (χ0) is 24.6. The molecule has 2 heterocycles. The fourth-order valence-corrected chi connectivity index (χ4v) is 9.11. The number of benzene rings is 2. The fourth-order valence-electron chi connectivity index (χ4n) is 5.51. The van der Waals surface area contributed by atoms with Crippen LogP contribution in [0.2, 0.25) is 18.6 Å². The number of nitrogens with two attached hydrogens (primary N) is 1. The number of aromatic nitrogens is 4. The Morgan fingerprint density at radius 2 is 1.83 bits per heavy atom. The third-order valence-electron chi connectivity index (χ3n) is 7.51. The van der Waals surface area contributed by atoms with Crippen molar-refractivity contribution in [3.63, 3.8) is 0 Å². The van der Waals surface area contributed by atoms with Crippen molar-refractivity contribution >= 4 is 30.4 Å². The molecule has 1 aliphatic carbocycles. The van der Waals surface area contributed by atoms with E-state index in [-0.39, 0.29) is 23.5 Å². The van der Waals surface area contributed by atoms with Gasteiger partial charge in [-0.1, -0.05) is 85.5 Å². The van der Waals surface area contributed by atoms with Crippen molar-refractivity contribution in [1.82, 2.24) is 19.5 Å². The molecule has 0 bridgehead atoms. The molecule has 0 radical (unpaired) electrons. The Bertz CT molecular complexity index is 1400. The lowest BCUT2D eigenvalue weighted by Crippen LogP contribution is -2.47. The molecule has 35 heavy (non-hydrogen) atoms. The van der Waals surface area contributed by atoms with Gasteiger partial charge < -0.3 is 15.0 Å². The van der Waals surface area contributed by atoms with Gasteiger partial charge in [-0.3, -0.25) is 9.78 Å². The van der Waals surface area contributed by atoms with Gasteiger partial charge in [0.2, 0.25) is 5.95 Å². The number of anilines is 1. The van der Waals surface area contributed by atoms with Gasteiger partial charge in [-0.15, -0.1) is 0 Å². The monoisotopic (exact) mass is 485 g/mol.